The van der Waals surface area contributed by atoms with E-state index in [9.17, 15) is 4.79 Å². The topological polar surface area (TPSA) is 91.8 Å². The van der Waals surface area contributed by atoms with Crippen LogP contribution in [0.25, 0.3) is 0 Å². The number of anilines is 2. The van der Waals surface area contributed by atoms with E-state index in [2.05, 4.69) is 10.3 Å². The van der Waals surface area contributed by atoms with Gasteiger partial charge in [0.25, 0.3) is 0 Å². The second kappa shape index (κ2) is 6.93. The first-order valence-electron chi connectivity index (χ1n) is 5.80. The standard InChI is InChI=1S/C13H12N4OS2/c14-7-9-2-5-20-13(9)17-12(18)3-6-19-11-1-4-16-8-10(11)15/h1-2,4-5,8H,3,6,15H2,(H,17,18). The van der Waals surface area contributed by atoms with E-state index < -0.39 is 0 Å². The fourth-order valence-electron chi connectivity index (χ4n) is 1.46. The van der Waals surface area contributed by atoms with E-state index in [1.807, 2.05) is 12.1 Å². The number of hydrogen-bond acceptors (Lipinski definition) is 6. The Labute approximate surface area is 124 Å². The third kappa shape index (κ3) is 3.73. The van der Waals surface area contributed by atoms with Crippen LogP contribution in [-0.4, -0.2) is 16.6 Å². The molecule has 0 aliphatic heterocycles. The smallest absolute Gasteiger partial charge is 0.225 e. The number of nitriles is 1. The number of hydrogen-bond donors (Lipinski definition) is 2. The van der Waals surface area contributed by atoms with Crippen LogP contribution in [0.1, 0.15) is 12.0 Å². The molecule has 5 nitrogen and oxygen atoms in total. The number of amides is 1. The second-order valence-electron chi connectivity index (χ2n) is 3.84. The highest BCUT2D eigenvalue weighted by Gasteiger charge is 2.08. The summed E-state index contributed by atoms with van der Waals surface area (Å²) >= 11 is 2.86. The van der Waals surface area contributed by atoms with Gasteiger partial charge in [-0.25, -0.2) is 0 Å². The average molecular weight is 304 g/mol. The molecule has 0 atom stereocenters. The van der Waals surface area contributed by atoms with Crippen LogP contribution in [0, 0.1) is 11.3 Å². The van der Waals surface area contributed by atoms with Crippen LogP contribution in [0.3, 0.4) is 0 Å². The van der Waals surface area contributed by atoms with Crippen LogP contribution in [0.15, 0.2) is 34.8 Å². The van der Waals surface area contributed by atoms with Crippen molar-refractivity contribution >= 4 is 39.7 Å². The lowest BCUT2D eigenvalue weighted by Crippen LogP contribution is -2.11. The summed E-state index contributed by atoms with van der Waals surface area (Å²) in [6, 6.07) is 5.55. The van der Waals surface area contributed by atoms with Crippen molar-refractivity contribution in [3.05, 3.63) is 35.5 Å². The number of pyridine rings is 1. The number of carbonyl (C=O) groups is 1. The first-order chi connectivity index (χ1) is 9.70. The van der Waals surface area contributed by atoms with E-state index in [1.165, 1.54) is 23.1 Å². The van der Waals surface area contributed by atoms with Crippen molar-refractivity contribution < 1.29 is 4.79 Å². The molecule has 7 heteroatoms. The van der Waals surface area contributed by atoms with Crippen LogP contribution in [-0.2, 0) is 4.79 Å². The van der Waals surface area contributed by atoms with Crippen molar-refractivity contribution in [1.29, 1.82) is 5.26 Å². The van der Waals surface area contributed by atoms with Gasteiger partial charge in [0.05, 0.1) is 17.4 Å². The number of nitrogens with one attached hydrogen (secondary N) is 1. The molecule has 2 aromatic heterocycles. The van der Waals surface area contributed by atoms with Crippen LogP contribution < -0.4 is 11.1 Å². The molecular weight excluding hydrogens is 292 g/mol. The summed E-state index contributed by atoms with van der Waals surface area (Å²) < 4.78 is 0. The number of aromatic nitrogens is 1. The molecule has 0 saturated carbocycles. The molecule has 0 bridgehead atoms. The lowest BCUT2D eigenvalue weighted by Gasteiger charge is -2.05. The number of thioether (sulfide) groups is 1. The van der Waals surface area contributed by atoms with Gasteiger partial charge in [-0.05, 0) is 17.5 Å². The number of nitrogen functional groups attached to an aromatic ring is 1. The quantitative estimate of drug-likeness (QED) is 0.829. The predicted molar refractivity (Wildman–Crippen MR) is 81.7 cm³/mol. The number of carbonyl (C=O) groups excluding carboxylic acids is 1. The summed E-state index contributed by atoms with van der Waals surface area (Å²) in [5, 5.41) is 14.0. The van der Waals surface area contributed by atoms with Crippen LogP contribution in [0.2, 0.25) is 0 Å². The van der Waals surface area contributed by atoms with Gasteiger partial charge in [-0.3, -0.25) is 9.78 Å². The van der Waals surface area contributed by atoms with Gasteiger partial charge < -0.3 is 11.1 Å². The van der Waals surface area contributed by atoms with Gasteiger partial charge in [0.2, 0.25) is 5.91 Å². The predicted octanol–water partition coefficient (Wildman–Crippen LogP) is 2.72. The highest BCUT2D eigenvalue weighted by molar-refractivity contribution is 7.99. The van der Waals surface area contributed by atoms with Crippen molar-refractivity contribution in [1.82, 2.24) is 4.98 Å². The lowest BCUT2D eigenvalue weighted by molar-refractivity contribution is -0.115. The summed E-state index contributed by atoms with van der Waals surface area (Å²) in [5.74, 6) is 0.511. The van der Waals surface area contributed by atoms with Crippen molar-refractivity contribution in [3.8, 4) is 6.07 Å². The van der Waals surface area contributed by atoms with Gasteiger partial charge in [0, 0.05) is 23.3 Å². The molecule has 1 amide bonds. The maximum absolute atomic E-state index is 11.8. The maximum Gasteiger partial charge on any atom is 0.225 e. The number of thiophene rings is 1. The first kappa shape index (κ1) is 14.4. The van der Waals surface area contributed by atoms with Gasteiger partial charge >= 0.3 is 0 Å². The van der Waals surface area contributed by atoms with E-state index in [1.54, 1.807) is 23.8 Å². The average Bonchev–Trinajstić information content (AvgIpc) is 2.88. The van der Waals surface area contributed by atoms with Gasteiger partial charge in [-0.2, -0.15) is 5.26 Å². The van der Waals surface area contributed by atoms with Crippen LogP contribution >= 0.6 is 23.1 Å². The molecule has 0 saturated heterocycles. The fraction of sp³-hybridized carbons (Fsp3) is 0.154. The third-order valence-corrected chi connectivity index (χ3v) is 4.36. The normalized spacial score (nSPS) is 9.95. The van der Waals surface area contributed by atoms with Crippen molar-refractivity contribution in [3.63, 3.8) is 0 Å². The molecule has 0 aliphatic rings. The van der Waals surface area contributed by atoms with Crippen LogP contribution in [0.5, 0.6) is 0 Å². The number of nitrogens with two attached hydrogens (primary N) is 1. The molecule has 2 aromatic rings. The first-order valence-corrected chi connectivity index (χ1v) is 7.67. The zero-order chi connectivity index (χ0) is 14.4. The summed E-state index contributed by atoms with van der Waals surface area (Å²) in [6.45, 7) is 0. The Balaban J connectivity index is 1.82. The summed E-state index contributed by atoms with van der Waals surface area (Å²) in [7, 11) is 0. The molecule has 0 aliphatic carbocycles. The number of rotatable bonds is 5. The Morgan fingerprint density at radius 1 is 1.55 bits per heavy atom. The molecule has 0 unspecified atom stereocenters. The molecular formula is C13H12N4OS2. The molecule has 102 valence electrons. The Morgan fingerprint density at radius 2 is 2.40 bits per heavy atom. The molecule has 20 heavy (non-hydrogen) atoms. The Kier molecular flexibility index (Phi) is 4.98. The monoisotopic (exact) mass is 304 g/mol. The van der Waals surface area contributed by atoms with Crippen molar-refractivity contribution in [2.24, 2.45) is 0 Å². The molecule has 3 N–H and O–H groups in total. The zero-order valence-electron chi connectivity index (χ0n) is 10.5. The van der Waals surface area contributed by atoms with Gasteiger partial charge in [-0.15, -0.1) is 23.1 Å². The fourth-order valence-corrected chi connectivity index (χ4v) is 3.10. The van der Waals surface area contributed by atoms with Crippen LogP contribution in [0.4, 0.5) is 10.7 Å². The minimum atomic E-state index is -0.107. The van der Waals surface area contributed by atoms with E-state index in [-0.39, 0.29) is 5.91 Å². The maximum atomic E-state index is 11.8. The minimum absolute atomic E-state index is 0.107. The van der Waals surface area contributed by atoms with Gasteiger partial charge in [0.15, 0.2) is 0 Å². The zero-order valence-corrected chi connectivity index (χ0v) is 12.1. The SMILES string of the molecule is N#Cc1ccsc1NC(=O)CCSc1ccncc1N. The van der Waals surface area contributed by atoms with Crippen molar-refractivity contribution in [2.45, 2.75) is 11.3 Å². The summed E-state index contributed by atoms with van der Waals surface area (Å²) in [6.07, 6.45) is 3.62. The Hall–Kier alpha value is -2.04. The number of nitrogens with zero attached hydrogens (tertiary/aromatic N) is 2. The highest BCUT2D eigenvalue weighted by Crippen LogP contribution is 2.25. The largest absolute Gasteiger partial charge is 0.397 e. The molecule has 0 aromatic carbocycles. The van der Waals surface area contributed by atoms with Gasteiger partial charge in [-0.1, -0.05) is 0 Å². The molecule has 0 radical (unpaired) electrons. The van der Waals surface area contributed by atoms with Gasteiger partial charge in [0.1, 0.15) is 11.1 Å². The van der Waals surface area contributed by atoms with E-state index in [0.717, 1.165) is 4.90 Å². The second-order valence-corrected chi connectivity index (χ2v) is 5.89. The minimum Gasteiger partial charge on any atom is -0.397 e. The summed E-state index contributed by atoms with van der Waals surface area (Å²) in [4.78, 5) is 16.6. The van der Waals surface area contributed by atoms with E-state index in [0.29, 0.717) is 28.4 Å². The van der Waals surface area contributed by atoms with E-state index >= 15 is 0 Å². The molecule has 2 rings (SSSR count). The molecule has 0 fully saturated rings. The van der Waals surface area contributed by atoms with E-state index in [4.69, 9.17) is 11.0 Å². The lowest BCUT2D eigenvalue weighted by atomic mass is 10.3. The Morgan fingerprint density at radius 3 is 3.15 bits per heavy atom. The Bertz CT molecular complexity index is 648. The van der Waals surface area contributed by atoms with Crippen molar-refractivity contribution in [2.75, 3.05) is 16.8 Å². The summed E-state index contributed by atoms with van der Waals surface area (Å²) in [5.41, 5.74) is 6.88. The highest BCUT2D eigenvalue weighted by atomic mass is 32.2. The third-order valence-electron chi connectivity index (χ3n) is 2.44. The molecule has 0 spiro atoms. The molecule has 2 heterocycles.